The molecule has 3 aromatic carbocycles. The molecule has 3 aromatic rings. The summed E-state index contributed by atoms with van der Waals surface area (Å²) in [6.07, 6.45) is 0.359. The van der Waals surface area contributed by atoms with Crippen molar-refractivity contribution in [3.8, 4) is 0 Å². The van der Waals surface area contributed by atoms with Crippen LogP contribution in [-0.4, -0.2) is 62.8 Å². The lowest BCUT2D eigenvalue weighted by Crippen LogP contribution is -2.50. The molecule has 0 unspecified atom stereocenters. The summed E-state index contributed by atoms with van der Waals surface area (Å²) in [5, 5.41) is 3.02. The Morgan fingerprint density at radius 1 is 0.829 bits per heavy atom. The van der Waals surface area contributed by atoms with Crippen molar-refractivity contribution < 1.29 is 17.6 Å². The molecule has 1 saturated heterocycles. The van der Waals surface area contributed by atoms with Gasteiger partial charge in [0.15, 0.2) is 0 Å². The fourth-order valence-corrected chi connectivity index (χ4v) is 5.78. The third kappa shape index (κ3) is 6.54. The minimum atomic E-state index is -3.63. The van der Waals surface area contributed by atoms with Crippen molar-refractivity contribution in [2.75, 3.05) is 39.3 Å². The van der Waals surface area contributed by atoms with E-state index in [0.29, 0.717) is 45.7 Å². The second kappa shape index (κ2) is 11.6. The van der Waals surface area contributed by atoms with Gasteiger partial charge in [-0.15, -0.1) is 0 Å². The van der Waals surface area contributed by atoms with Gasteiger partial charge in [-0.1, -0.05) is 60.7 Å². The zero-order chi connectivity index (χ0) is 24.7. The first-order valence-electron chi connectivity index (χ1n) is 11.8. The summed E-state index contributed by atoms with van der Waals surface area (Å²) in [5.41, 5.74) is 2.21. The summed E-state index contributed by atoms with van der Waals surface area (Å²) in [6.45, 7) is 3.02. The number of hydrogen-bond acceptors (Lipinski definition) is 4. The van der Waals surface area contributed by atoms with E-state index in [0.717, 1.165) is 23.3 Å². The van der Waals surface area contributed by atoms with E-state index in [1.165, 1.54) is 16.4 Å². The molecule has 0 aliphatic carbocycles. The van der Waals surface area contributed by atoms with Crippen LogP contribution in [0.3, 0.4) is 0 Å². The number of rotatable bonds is 9. The summed E-state index contributed by atoms with van der Waals surface area (Å²) in [5.74, 6) is -0.493. The van der Waals surface area contributed by atoms with Gasteiger partial charge in [0.25, 0.3) is 0 Å². The minimum absolute atomic E-state index is 0.0137. The Labute approximate surface area is 206 Å². The zero-order valence-corrected chi connectivity index (χ0v) is 20.3. The Morgan fingerprint density at radius 3 is 1.91 bits per heavy atom. The molecule has 0 saturated carbocycles. The second-order valence-electron chi connectivity index (χ2n) is 8.63. The smallest absolute Gasteiger partial charge is 0.243 e. The number of halogens is 1. The predicted octanol–water partition coefficient (Wildman–Crippen LogP) is 3.47. The Bertz CT molecular complexity index is 1160. The summed E-state index contributed by atoms with van der Waals surface area (Å²) < 4.78 is 40.1. The largest absolute Gasteiger partial charge is 0.355 e. The van der Waals surface area contributed by atoms with Crippen LogP contribution in [0.25, 0.3) is 0 Å². The second-order valence-corrected chi connectivity index (χ2v) is 10.6. The van der Waals surface area contributed by atoms with Crippen molar-refractivity contribution in [3.05, 3.63) is 102 Å². The van der Waals surface area contributed by atoms with Gasteiger partial charge in [-0.2, -0.15) is 4.31 Å². The molecule has 0 atom stereocenters. The maximum absolute atomic E-state index is 13.1. The number of amides is 1. The summed E-state index contributed by atoms with van der Waals surface area (Å²) in [7, 11) is -3.63. The van der Waals surface area contributed by atoms with Gasteiger partial charge in [-0.05, 0) is 35.4 Å². The van der Waals surface area contributed by atoms with E-state index in [1.807, 2.05) is 60.7 Å². The maximum atomic E-state index is 13.1. The predicted molar refractivity (Wildman–Crippen MR) is 134 cm³/mol. The molecule has 4 rings (SSSR count). The first-order valence-corrected chi connectivity index (χ1v) is 13.2. The first kappa shape index (κ1) is 25.0. The van der Waals surface area contributed by atoms with Gasteiger partial charge in [0.1, 0.15) is 5.82 Å². The van der Waals surface area contributed by atoms with Gasteiger partial charge in [-0.25, -0.2) is 12.8 Å². The number of sulfonamides is 1. The van der Waals surface area contributed by atoms with Crippen LogP contribution >= 0.6 is 0 Å². The molecule has 0 aromatic heterocycles. The van der Waals surface area contributed by atoms with Crippen molar-refractivity contribution in [3.63, 3.8) is 0 Å². The Kier molecular flexibility index (Phi) is 8.28. The van der Waals surface area contributed by atoms with Crippen LogP contribution in [0.1, 0.15) is 23.5 Å². The maximum Gasteiger partial charge on any atom is 0.243 e. The molecular weight excluding hydrogens is 465 g/mol. The van der Waals surface area contributed by atoms with Crippen molar-refractivity contribution in [2.24, 2.45) is 0 Å². The summed E-state index contributed by atoms with van der Waals surface area (Å²) in [6, 6.07) is 25.0. The van der Waals surface area contributed by atoms with E-state index in [9.17, 15) is 17.6 Å². The van der Waals surface area contributed by atoms with Crippen molar-refractivity contribution >= 4 is 15.9 Å². The molecule has 8 heteroatoms. The van der Waals surface area contributed by atoms with Crippen LogP contribution in [0.4, 0.5) is 4.39 Å². The molecule has 1 aliphatic rings. The van der Waals surface area contributed by atoms with Crippen molar-refractivity contribution in [1.82, 2.24) is 14.5 Å². The van der Waals surface area contributed by atoms with E-state index >= 15 is 0 Å². The highest BCUT2D eigenvalue weighted by molar-refractivity contribution is 7.89. The molecule has 1 N–H and O–H groups in total. The van der Waals surface area contributed by atoms with Gasteiger partial charge < -0.3 is 5.32 Å². The average molecular weight is 496 g/mol. The minimum Gasteiger partial charge on any atom is -0.355 e. The molecule has 0 radical (unpaired) electrons. The lowest BCUT2D eigenvalue weighted by Gasteiger charge is -2.34. The lowest BCUT2D eigenvalue weighted by molar-refractivity contribution is -0.121. The zero-order valence-electron chi connectivity index (χ0n) is 19.5. The van der Waals surface area contributed by atoms with Crippen LogP contribution < -0.4 is 5.32 Å². The highest BCUT2D eigenvalue weighted by Gasteiger charge is 2.28. The Morgan fingerprint density at radius 2 is 1.37 bits per heavy atom. The van der Waals surface area contributed by atoms with Crippen molar-refractivity contribution in [1.29, 1.82) is 0 Å². The monoisotopic (exact) mass is 495 g/mol. The number of carbonyl (C=O) groups is 1. The topological polar surface area (TPSA) is 69.7 Å². The molecule has 1 heterocycles. The van der Waals surface area contributed by atoms with E-state index in [2.05, 4.69) is 10.2 Å². The molecule has 35 heavy (non-hydrogen) atoms. The molecule has 184 valence electrons. The quantitative estimate of drug-likeness (QED) is 0.494. The highest BCUT2D eigenvalue weighted by Crippen LogP contribution is 2.27. The highest BCUT2D eigenvalue weighted by atomic mass is 32.2. The number of nitrogens with zero attached hydrogens (tertiary/aromatic N) is 2. The lowest BCUT2D eigenvalue weighted by atomic mass is 9.88. The van der Waals surface area contributed by atoms with Crippen molar-refractivity contribution in [2.45, 2.75) is 17.2 Å². The van der Waals surface area contributed by atoms with Crippen LogP contribution in [0.2, 0.25) is 0 Å². The molecule has 0 bridgehead atoms. The van der Waals surface area contributed by atoms with E-state index in [4.69, 9.17) is 0 Å². The fourth-order valence-electron chi connectivity index (χ4n) is 4.36. The Hall–Kier alpha value is -3.07. The SMILES string of the molecule is O=C(CC(c1ccccc1)c1ccccc1)NCCN1CCN(S(=O)(=O)c2ccc(F)cc2)CC1. The third-order valence-corrected chi connectivity index (χ3v) is 8.24. The molecule has 1 amide bonds. The number of nitrogens with one attached hydrogen (secondary N) is 1. The molecule has 0 spiro atoms. The van der Waals surface area contributed by atoms with Crippen LogP contribution in [0, 0.1) is 5.82 Å². The number of carbonyl (C=O) groups excluding carboxylic acids is 1. The average Bonchev–Trinajstić information content (AvgIpc) is 2.89. The number of hydrogen-bond donors (Lipinski definition) is 1. The number of piperazine rings is 1. The van der Waals surface area contributed by atoms with Crippen LogP contribution in [-0.2, 0) is 14.8 Å². The van der Waals surface area contributed by atoms with Gasteiger partial charge >= 0.3 is 0 Å². The van der Waals surface area contributed by atoms with Crippen LogP contribution in [0.15, 0.2) is 89.8 Å². The standard InChI is InChI=1S/C27H30FN3O3S/c28-24-11-13-25(14-12-24)35(33,34)31-19-17-30(18-20-31)16-15-29-27(32)21-26(22-7-3-1-4-8-22)23-9-5-2-6-10-23/h1-14,26H,15-21H2,(H,29,32). The van der Waals surface area contributed by atoms with E-state index in [-0.39, 0.29) is 16.7 Å². The first-order chi connectivity index (χ1) is 16.9. The van der Waals surface area contributed by atoms with Gasteiger partial charge in [0.2, 0.25) is 15.9 Å². The molecular formula is C27H30FN3O3S. The molecule has 6 nitrogen and oxygen atoms in total. The summed E-state index contributed by atoms with van der Waals surface area (Å²) >= 11 is 0. The van der Waals surface area contributed by atoms with Gasteiger partial charge in [-0.3, -0.25) is 9.69 Å². The molecule has 1 aliphatic heterocycles. The van der Waals surface area contributed by atoms with Gasteiger partial charge in [0, 0.05) is 51.6 Å². The normalized spacial score (nSPS) is 15.3. The van der Waals surface area contributed by atoms with Gasteiger partial charge in [0.05, 0.1) is 4.90 Å². The Balaban J connectivity index is 1.26. The van der Waals surface area contributed by atoms with E-state index < -0.39 is 15.8 Å². The molecule has 1 fully saturated rings. The summed E-state index contributed by atoms with van der Waals surface area (Å²) in [4.78, 5) is 15.0. The third-order valence-electron chi connectivity index (χ3n) is 6.33. The number of benzene rings is 3. The fraction of sp³-hybridized carbons (Fsp3) is 0.296. The van der Waals surface area contributed by atoms with Crippen LogP contribution in [0.5, 0.6) is 0 Å². The van der Waals surface area contributed by atoms with E-state index in [1.54, 1.807) is 0 Å².